The highest BCUT2D eigenvalue weighted by atomic mass is 16.5. The van der Waals surface area contributed by atoms with Crippen LogP contribution < -0.4 is 10.1 Å². The number of carbonyl (C=O) groups is 1. The van der Waals surface area contributed by atoms with Gasteiger partial charge in [-0.2, -0.15) is 0 Å². The number of para-hydroxylation sites is 1. The maximum absolute atomic E-state index is 12.9. The Kier molecular flexibility index (Phi) is 5.31. The SMILES string of the molecule is CCOc1ccc2c(ccn2C(C)C(=O)Nc2c(C)cccc2CC)c1. The van der Waals surface area contributed by atoms with Crippen LogP contribution in [0.2, 0.25) is 0 Å². The number of aromatic nitrogens is 1. The van der Waals surface area contributed by atoms with Gasteiger partial charge in [-0.25, -0.2) is 0 Å². The van der Waals surface area contributed by atoms with Crippen molar-refractivity contribution in [2.24, 2.45) is 0 Å². The Morgan fingerprint density at radius 1 is 1.19 bits per heavy atom. The Hall–Kier alpha value is -2.75. The van der Waals surface area contributed by atoms with Gasteiger partial charge in [0.2, 0.25) is 5.91 Å². The largest absolute Gasteiger partial charge is 0.494 e. The van der Waals surface area contributed by atoms with E-state index in [1.165, 1.54) is 0 Å². The van der Waals surface area contributed by atoms with Crippen molar-refractivity contribution >= 4 is 22.5 Å². The van der Waals surface area contributed by atoms with Crippen LogP contribution in [0.4, 0.5) is 5.69 Å². The molecular formula is C22H26N2O2. The summed E-state index contributed by atoms with van der Waals surface area (Å²) in [4.78, 5) is 12.9. The molecule has 1 heterocycles. The van der Waals surface area contributed by atoms with Crippen molar-refractivity contribution in [3.05, 3.63) is 59.8 Å². The maximum atomic E-state index is 12.9. The van der Waals surface area contributed by atoms with E-state index in [2.05, 4.69) is 18.3 Å². The summed E-state index contributed by atoms with van der Waals surface area (Å²) in [7, 11) is 0. The van der Waals surface area contributed by atoms with Gasteiger partial charge in [0.15, 0.2) is 0 Å². The smallest absolute Gasteiger partial charge is 0.247 e. The summed E-state index contributed by atoms with van der Waals surface area (Å²) in [6, 6.07) is 13.8. The molecule has 26 heavy (non-hydrogen) atoms. The Labute approximate surface area is 154 Å². The van der Waals surface area contributed by atoms with Gasteiger partial charge >= 0.3 is 0 Å². The third-order valence-electron chi connectivity index (χ3n) is 4.79. The van der Waals surface area contributed by atoms with E-state index in [-0.39, 0.29) is 11.9 Å². The average molecular weight is 350 g/mol. The summed E-state index contributed by atoms with van der Waals surface area (Å²) in [6.45, 7) is 8.66. The Morgan fingerprint density at radius 2 is 2.00 bits per heavy atom. The van der Waals surface area contributed by atoms with Gasteiger partial charge in [-0.05, 0) is 62.6 Å². The molecule has 2 aromatic carbocycles. The number of benzene rings is 2. The number of anilines is 1. The van der Waals surface area contributed by atoms with Gasteiger partial charge in [0, 0.05) is 22.8 Å². The molecule has 1 unspecified atom stereocenters. The summed E-state index contributed by atoms with van der Waals surface area (Å²) in [5, 5.41) is 4.20. The number of nitrogens with one attached hydrogen (secondary N) is 1. The fourth-order valence-electron chi connectivity index (χ4n) is 3.29. The molecule has 0 fully saturated rings. The zero-order valence-electron chi connectivity index (χ0n) is 15.9. The molecule has 0 aliphatic rings. The van der Waals surface area contributed by atoms with Gasteiger partial charge in [-0.15, -0.1) is 0 Å². The molecular weight excluding hydrogens is 324 g/mol. The predicted molar refractivity (Wildman–Crippen MR) is 107 cm³/mol. The van der Waals surface area contributed by atoms with E-state index in [9.17, 15) is 4.79 Å². The lowest BCUT2D eigenvalue weighted by Crippen LogP contribution is -2.24. The molecule has 4 nitrogen and oxygen atoms in total. The topological polar surface area (TPSA) is 43.3 Å². The molecule has 0 bridgehead atoms. The molecule has 0 saturated carbocycles. The zero-order chi connectivity index (χ0) is 18.7. The standard InChI is InChI=1S/C22H26N2O2/c1-5-17-9-7-8-15(3)21(17)23-22(25)16(4)24-13-12-18-14-19(26-6-2)10-11-20(18)24/h7-14,16H,5-6H2,1-4H3,(H,23,25). The first-order valence-electron chi connectivity index (χ1n) is 9.17. The van der Waals surface area contributed by atoms with Gasteiger partial charge in [0.25, 0.3) is 0 Å². The van der Waals surface area contributed by atoms with Crippen LogP contribution in [-0.4, -0.2) is 17.1 Å². The first kappa shape index (κ1) is 18.1. The van der Waals surface area contributed by atoms with E-state index in [4.69, 9.17) is 4.74 Å². The molecule has 3 aromatic rings. The fraction of sp³-hybridized carbons (Fsp3) is 0.318. The first-order chi connectivity index (χ1) is 12.5. The van der Waals surface area contributed by atoms with Gasteiger partial charge in [-0.3, -0.25) is 4.79 Å². The van der Waals surface area contributed by atoms with Crippen molar-refractivity contribution in [3.8, 4) is 5.75 Å². The number of fused-ring (bicyclic) bond motifs is 1. The van der Waals surface area contributed by atoms with Crippen LogP contribution in [0.1, 0.15) is 37.9 Å². The van der Waals surface area contributed by atoms with Crippen molar-refractivity contribution in [3.63, 3.8) is 0 Å². The van der Waals surface area contributed by atoms with Crippen LogP contribution in [0, 0.1) is 6.92 Å². The minimum atomic E-state index is -0.310. The quantitative estimate of drug-likeness (QED) is 0.671. The van der Waals surface area contributed by atoms with E-state index < -0.39 is 0 Å². The van der Waals surface area contributed by atoms with Gasteiger partial charge in [0.05, 0.1) is 6.61 Å². The molecule has 4 heteroatoms. The predicted octanol–water partition coefficient (Wildman–Crippen LogP) is 5.11. The second-order valence-corrected chi connectivity index (χ2v) is 6.50. The van der Waals surface area contributed by atoms with Crippen molar-refractivity contribution in [1.29, 1.82) is 0 Å². The van der Waals surface area contributed by atoms with Crippen LogP contribution >= 0.6 is 0 Å². The molecule has 136 valence electrons. The van der Waals surface area contributed by atoms with Crippen molar-refractivity contribution in [1.82, 2.24) is 4.57 Å². The normalized spacial score (nSPS) is 12.2. The fourth-order valence-corrected chi connectivity index (χ4v) is 3.29. The number of aryl methyl sites for hydroxylation is 2. The lowest BCUT2D eigenvalue weighted by atomic mass is 10.1. The van der Waals surface area contributed by atoms with E-state index in [0.29, 0.717) is 6.61 Å². The van der Waals surface area contributed by atoms with E-state index in [1.54, 1.807) is 0 Å². The third-order valence-corrected chi connectivity index (χ3v) is 4.79. The number of amides is 1. The van der Waals surface area contributed by atoms with Crippen molar-refractivity contribution in [2.75, 3.05) is 11.9 Å². The highest BCUT2D eigenvalue weighted by molar-refractivity contribution is 5.96. The number of nitrogens with zero attached hydrogens (tertiary/aromatic N) is 1. The van der Waals surface area contributed by atoms with Gasteiger partial charge < -0.3 is 14.6 Å². The Bertz CT molecular complexity index is 927. The van der Waals surface area contributed by atoms with Crippen molar-refractivity contribution < 1.29 is 9.53 Å². The molecule has 0 saturated heterocycles. The summed E-state index contributed by atoms with van der Waals surface area (Å²) in [5.74, 6) is 0.836. The van der Waals surface area contributed by atoms with Crippen LogP contribution in [0.5, 0.6) is 5.75 Å². The minimum absolute atomic E-state index is 0.0135. The number of hydrogen-bond donors (Lipinski definition) is 1. The highest BCUT2D eigenvalue weighted by Crippen LogP contribution is 2.27. The summed E-state index contributed by atoms with van der Waals surface area (Å²) in [5.41, 5.74) is 4.20. The van der Waals surface area contributed by atoms with Crippen molar-refractivity contribution in [2.45, 2.75) is 40.2 Å². The Balaban J connectivity index is 1.86. The number of hydrogen-bond acceptors (Lipinski definition) is 2. The molecule has 0 aliphatic carbocycles. The molecule has 1 aromatic heterocycles. The van der Waals surface area contributed by atoms with E-state index in [0.717, 1.165) is 39.9 Å². The number of ether oxygens (including phenoxy) is 1. The number of rotatable bonds is 6. The molecule has 0 aliphatic heterocycles. The van der Waals surface area contributed by atoms with E-state index >= 15 is 0 Å². The maximum Gasteiger partial charge on any atom is 0.247 e. The van der Waals surface area contributed by atoms with Crippen LogP contribution in [0.15, 0.2) is 48.7 Å². The average Bonchev–Trinajstić information content (AvgIpc) is 3.06. The minimum Gasteiger partial charge on any atom is -0.494 e. The third kappa shape index (κ3) is 3.45. The number of carbonyl (C=O) groups excluding carboxylic acids is 1. The summed E-state index contributed by atoms with van der Waals surface area (Å²) in [6.07, 6.45) is 2.85. The lowest BCUT2D eigenvalue weighted by Gasteiger charge is -2.18. The molecule has 1 atom stereocenters. The molecule has 1 N–H and O–H groups in total. The van der Waals surface area contributed by atoms with Crippen LogP contribution in [0.25, 0.3) is 10.9 Å². The van der Waals surface area contributed by atoms with Gasteiger partial charge in [0.1, 0.15) is 11.8 Å². The molecule has 0 radical (unpaired) electrons. The molecule has 1 amide bonds. The molecule has 3 rings (SSSR count). The lowest BCUT2D eigenvalue weighted by molar-refractivity contribution is -0.118. The van der Waals surface area contributed by atoms with E-state index in [1.807, 2.05) is 67.9 Å². The van der Waals surface area contributed by atoms with Gasteiger partial charge in [-0.1, -0.05) is 25.1 Å². The zero-order valence-corrected chi connectivity index (χ0v) is 15.9. The first-order valence-corrected chi connectivity index (χ1v) is 9.17. The Morgan fingerprint density at radius 3 is 2.73 bits per heavy atom. The molecule has 0 spiro atoms. The second kappa shape index (κ2) is 7.65. The van der Waals surface area contributed by atoms with Crippen LogP contribution in [0.3, 0.4) is 0 Å². The second-order valence-electron chi connectivity index (χ2n) is 6.50. The summed E-state index contributed by atoms with van der Waals surface area (Å²) >= 11 is 0. The van der Waals surface area contributed by atoms with Crippen LogP contribution in [-0.2, 0) is 11.2 Å². The summed E-state index contributed by atoms with van der Waals surface area (Å²) < 4.78 is 7.56. The monoisotopic (exact) mass is 350 g/mol. The highest BCUT2D eigenvalue weighted by Gasteiger charge is 2.18.